The molecule has 0 amide bonds. The second kappa shape index (κ2) is 4.18. The lowest BCUT2D eigenvalue weighted by molar-refractivity contribution is 0.0688. The van der Waals surface area contributed by atoms with Crippen molar-refractivity contribution in [2.24, 2.45) is 0 Å². The molecule has 0 aromatic heterocycles. The second-order valence-electron chi connectivity index (χ2n) is 3.68. The molecule has 0 aliphatic carbocycles. The van der Waals surface area contributed by atoms with Crippen LogP contribution in [0.3, 0.4) is 0 Å². The maximum absolute atomic E-state index is 11.1. The van der Waals surface area contributed by atoms with Gasteiger partial charge in [-0.1, -0.05) is 6.07 Å². The summed E-state index contributed by atoms with van der Waals surface area (Å²) in [6, 6.07) is 8.71. The van der Waals surface area contributed by atoms with Gasteiger partial charge in [-0.15, -0.1) is 0 Å². The van der Waals surface area contributed by atoms with Gasteiger partial charge < -0.3 is 10.2 Å². The van der Waals surface area contributed by atoms with Gasteiger partial charge in [-0.05, 0) is 35.0 Å². The van der Waals surface area contributed by atoms with Gasteiger partial charge in [-0.25, -0.2) is 9.59 Å². The van der Waals surface area contributed by atoms with Crippen LogP contribution in [0.4, 0.5) is 0 Å². The number of carboxylic acid groups (broad SMARTS) is 2. The molecule has 0 fully saturated rings. The zero-order valence-corrected chi connectivity index (χ0v) is 9.04. The summed E-state index contributed by atoms with van der Waals surface area (Å²) in [4.78, 5) is 21.9. The van der Waals surface area contributed by atoms with Crippen molar-refractivity contribution in [1.82, 2.24) is 0 Å². The topological polar surface area (TPSA) is 98.4 Å². The number of fused-ring (bicyclic) bond motifs is 1. The summed E-state index contributed by atoms with van der Waals surface area (Å²) in [6.07, 6.45) is 0. The van der Waals surface area contributed by atoms with Crippen LogP contribution in [-0.2, 0) is 0 Å². The van der Waals surface area contributed by atoms with E-state index in [1.165, 1.54) is 30.3 Å². The highest BCUT2D eigenvalue weighted by atomic mass is 16.4. The van der Waals surface area contributed by atoms with Gasteiger partial charge in [-0.2, -0.15) is 5.26 Å². The highest BCUT2D eigenvalue weighted by Crippen LogP contribution is 2.22. The normalized spacial score (nSPS) is 9.94. The summed E-state index contributed by atoms with van der Waals surface area (Å²) in [5.41, 5.74) is 0.220. The average Bonchev–Trinajstić information content (AvgIpc) is 2.36. The van der Waals surface area contributed by atoms with E-state index in [-0.39, 0.29) is 16.7 Å². The van der Waals surface area contributed by atoms with Crippen LogP contribution < -0.4 is 0 Å². The molecule has 0 unspecified atom stereocenters. The van der Waals surface area contributed by atoms with Gasteiger partial charge in [0.2, 0.25) is 0 Å². The lowest BCUT2D eigenvalue weighted by Gasteiger charge is -2.04. The molecule has 0 spiro atoms. The van der Waals surface area contributed by atoms with E-state index in [2.05, 4.69) is 0 Å². The average molecular weight is 241 g/mol. The molecule has 2 rings (SSSR count). The van der Waals surface area contributed by atoms with Crippen LogP contribution in [0.25, 0.3) is 10.8 Å². The minimum absolute atomic E-state index is 0.0130. The van der Waals surface area contributed by atoms with Gasteiger partial charge in [0.1, 0.15) is 0 Å². The van der Waals surface area contributed by atoms with Crippen LogP contribution in [0.15, 0.2) is 30.3 Å². The summed E-state index contributed by atoms with van der Waals surface area (Å²) in [5, 5.41) is 27.6. The van der Waals surface area contributed by atoms with Crippen molar-refractivity contribution < 1.29 is 19.8 Å². The number of hydrogen-bond acceptors (Lipinski definition) is 3. The molecule has 2 aromatic rings. The van der Waals surface area contributed by atoms with Crippen molar-refractivity contribution >= 4 is 22.7 Å². The number of nitriles is 1. The zero-order valence-electron chi connectivity index (χ0n) is 9.04. The fourth-order valence-electron chi connectivity index (χ4n) is 1.74. The Bertz CT molecular complexity index is 713. The Morgan fingerprint density at radius 1 is 1.06 bits per heavy atom. The number of carboxylic acids is 2. The van der Waals surface area contributed by atoms with E-state index in [0.29, 0.717) is 10.8 Å². The molecule has 0 saturated carbocycles. The fourth-order valence-corrected chi connectivity index (χ4v) is 1.74. The fraction of sp³-hybridized carbons (Fsp3) is 0. The van der Waals surface area contributed by atoms with Crippen LogP contribution in [0, 0.1) is 11.3 Å². The van der Waals surface area contributed by atoms with Crippen molar-refractivity contribution in [3.8, 4) is 6.07 Å². The van der Waals surface area contributed by atoms with Crippen LogP contribution in [0.2, 0.25) is 0 Å². The van der Waals surface area contributed by atoms with Crippen molar-refractivity contribution in [3.05, 3.63) is 47.0 Å². The Balaban J connectivity index is 2.83. The molecule has 0 aliphatic heterocycles. The Morgan fingerprint density at radius 3 is 2.33 bits per heavy atom. The number of benzene rings is 2. The molecular weight excluding hydrogens is 234 g/mol. The number of hydrogen-bond donors (Lipinski definition) is 2. The summed E-state index contributed by atoms with van der Waals surface area (Å²) >= 11 is 0. The molecule has 0 saturated heterocycles. The monoisotopic (exact) mass is 241 g/mol. The van der Waals surface area contributed by atoms with Crippen LogP contribution in [0.1, 0.15) is 26.3 Å². The second-order valence-corrected chi connectivity index (χ2v) is 3.68. The third-order valence-electron chi connectivity index (χ3n) is 2.56. The van der Waals surface area contributed by atoms with Crippen molar-refractivity contribution in [2.45, 2.75) is 0 Å². The first kappa shape index (κ1) is 11.6. The van der Waals surface area contributed by atoms with E-state index in [1.54, 1.807) is 0 Å². The number of aromatic carboxylic acids is 2. The molecule has 2 aromatic carbocycles. The molecule has 0 radical (unpaired) electrons. The van der Waals surface area contributed by atoms with E-state index in [9.17, 15) is 9.59 Å². The maximum atomic E-state index is 11.1. The van der Waals surface area contributed by atoms with Crippen LogP contribution in [0.5, 0.6) is 0 Å². The molecule has 0 aliphatic rings. The Morgan fingerprint density at radius 2 is 1.78 bits per heavy atom. The first-order chi connectivity index (χ1) is 8.52. The lowest BCUT2D eigenvalue weighted by atomic mass is 9.99. The Labute approximate surface area is 102 Å². The molecule has 2 N–H and O–H groups in total. The van der Waals surface area contributed by atoms with Gasteiger partial charge in [0, 0.05) is 0 Å². The standard InChI is InChI=1S/C13H7NO4/c14-6-7-3-9-5-8(12(15)16)1-2-10(9)11(4-7)13(17)18/h1-5H,(H,15,16)(H,17,18). The van der Waals surface area contributed by atoms with Gasteiger partial charge in [0.05, 0.1) is 22.8 Å². The van der Waals surface area contributed by atoms with Crippen molar-refractivity contribution in [1.29, 1.82) is 5.26 Å². The molecule has 88 valence electrons. The molecule has 5 nitrogen and oxygen atoms in total. The zero-order chi connectivity index (χ0) is 13.3. The number of carbonyl (C=O) groups is 2. The van der Waals surface area contributed by atoms with Crippen LogP contribution in [-0.4, -0.2) is 22.2 Å². The third-order valence-corrected chi connectivity index (χ3v) is 2.56. The largest absolute Gasteiger partial charge is 0.478 e. The molecule has 0 atom stereocenters. The minimum Gasteiger partial charge on any atom is -0.478 e. The van der Waals surface area contributed by atoms with Gasteiger partial charge in [0.25, 0.3) is 0 Å². The van der Waals surface area contributed by atoms with Gasteiger partial charge in [0.15, 0.2) is 0 Å². The van der Waals surface area contributed by atoms with Crippen LogP contribution >= 0.6 is 0 Å². The first-order valence-electron chi connectivity index (χ1n) is 4.97. The van der Waals surface area contributed by atoms with Crippen molar-refractivity contribution in [2.75, 3.05) is 0 Å². The predicted molar refractivity (Wildman–Crippen MR) is 62.6 cm³/mol. The summed E-state index contributed by atoms with van der Waals surface area (Å²) < 4.78 is 0. The third kappa shape index (κ3) is 1.87. The highest BCUT2D eigenvalue weighted by Gasteiger charge is 2.12. The highest BCUT2D eigenvalue weighted by molar-refractivity contribution is 6.06. The summed E-state index contributed by atoms with van der Waals surface area (Å²) in [5.74, 6) is -2.25. The van der Waals surface area contributed by atoms with E-state index >= 15 is 0 Å². The van der Waals surface area contributed by atoms with E-state index in [0.717, 1.165) is 0 Å². The van der Waals surface area contributed by atoms with Crippen molar-refractivity contribution in [3.63, 3.8) is 0 Å². The smallest absolute Gasteiger partial charge is 0.336 e. The Kier molecular flexibility index (Phi) is 2.70. The molecule has 0 heterocycles. The lowest BCUT2D eigenvalue weighted by Crippen LogP contribution is -2.00. The van der Waals surface area contributed by atoms with Gasteiger partial charge >= 0.3 is 11.9 Å². The minimum atomic E-state index is -1.15. The van der Waals surface area contributed by atoms with E-state index in [1.807, 2.05) is 6.07 Å². The SMILES string of the molecule is N#Cc1cc(C(=O)O)c2ccc(C(=O)O)cc2c1. The molecule has 5 heteroatoms. The maximum Gasteiger partial charge on any atom is 0.336 e. The van der Waals surface area contributed by atoms with Gasteiger partial charge in [-0.3, -0.25) is 0 Å². The molecule has 18 heavy (non-hydrogen) atoms. The number of nitrogens with zero attached hydrogens (tertiary/aromatic N) is 1. The quantitative estimate of drug-likeness (QED) is 0.838. The molecular formula is C13H7NO4. The van der Waals surface area contributed by atoms with E-state index < -0.39 is 11.9 Å². The Hall–Kier alpha value is -2.87. The number of rotatable bonds is 2. The molecule has 0 bridgehead atoms. The predicted octanol–water partition coefficient (Wildman–Crippen LogP) is 2.11. The first-order valence-corrected chi connectivity index (χ1v) is 4.97. The summed E-state index contributed by atoms with van der Waals surface area (Å²) in [7, 11) is 0. The summed E-state index contributed by atoms with van der Waals surface area (Å²) in [6.45, 7) is 0. The van der Waals surface area contributed by atoms with E-state index in [4.69, 9.17) is 15.5 Å².